The average molecular weight is 485 g/mol. The number of rotatable bonds is 9. The normalized spacial score (nSPS) is 14.5. The van der Waals surface area contributed by atoms with Gasteiger partial charge in [-0.15, -0.1) is 11.3 Å². The van der Waals surface area contributed by atoms with Crippen LogP contribution in [0.4, 0.5) is 5.69 Å². The molecule has 1 fully saturated rings. The zero-order valence-corrected chi connectivity index (χ0v) is 21.1. The molecule has 1 N–H and O–H groups in total. The van der Waals surface area contributed by atoms with E-state index in [1.807, 2.05) is 32.0 Å². The van der Waals surface area contributed by atoms with Gasteiger partial charge in [0, 0.05) is 25.2 Å². The van der Waals surface area contributed by atoms with Gasteiger partial charge in [0.05, 0.1) is 32.2 Å². The van der Waals surface area contributed by atoms with Crippen molar-refractivity contribution < 1.29 is 4.79 Å². The minimum atomic E-state index is -0.0335. The van der Waals surface area contributed by atoms with Crippen LogP contribution in [0.3, 0.4) is 0 Å². The van der Waals surface area contributed by atoms with Crippen LogP contribution in [-0.2, 0) is 0 Å². The first-order chi connectivity index (χ1) is 16.1. The van der Waals surface area contributed by atoms with E-state index in [9.17, 15) is 4.79 Å². The van der Waals surface area contributed by atoms with E-state index in [0.29, 0.717) is 23.7 Å². The molecule has 5 nitrogen and oxygen atoms in total. The molecule has 0 radical (unpaired) electrons. The first kappa shape index (κ1) is 24.0. The van der Waals surface area contributed by atoms with Crippen molar-refractivity contribution in [3.05, 3.63) is 46.3 Å². The van der Waals surface area contributed by atoms with Gasteiger partial charge in [-0.1, -0.05) is 24.1 Å². The van der Waals surface area contributed by atoms with Crippen LogP contribution in [0, 0.1) is 0 Å². The van der Waals surface area contributed by atoms with E-state index >= 15 is 0 Å². The van der Waals surface area contributed by atoms with Gasteiger partial charge in [-0.25, -0.2) is 4.98 Å². The molecule has 3 heterocycles. The van der Waals surface area contributed by atoms with Crippen molar-refractivity contribution in [2.24, 2.45) is 0 Å². The second-order valence-corrected chi connectivity index (χ2v) is 9.87. The quantitative estimate of drug-likeness (QED) is 0.357. The third kappa shape index (κ3) is 5.68. The van der Waals surface area contributed by atoms with E-state index in [-0.39, 0.29) is 5.91 Å². The molecule has 1 aromatic carbocycles. The molecule has 176 valence electrons. The van der Waals surface area contributed by atoms with E-state index in [4.69, 9.17) is 16.6 Å². The lowest BCUT2D eigenvalue weighted by Crippen LogP contribution is -2.31. The summed E-state index contributed by atoms with van der Waals surface area (Å²) in [7, 11) is 0. The highest BCUT2D eigenvalue weighted by atomic mass is 35.5. The number of piperidine rings is 1. The molecule has 0 aliphatic carbocycles. The number of thiophene rings is 1. The Morgan fingerprint density at radius 1 is 1.15 bits per heavy atom. The number of halogens is 1. The molecule has 33 heavy (non-hydrogen) atoms. The number of pyridine rings is 1. The van der Waals surface area contributed by atoms with Crippen LogP contribution in [-0.4, -0.2) is 60.0 Å². The van der Waals surface area contributed by atoms with Gasteiger partial charge in [0.25, 0.3) is 5.91 Å². The maximum atomic E-state index is 12.7. The summed E-state index contributed by atoms with van der Waals surface area (Å²) >= 11 is 8.26. The third-order valence-corrected chi connectivity index (χ3v) is 7.62. The summed E-state index contributed by atoms with van der Waals surface area (Å²) in [5.41, 5.74) is 4.42. The number of anilines is 1. The van der Waals surface area contributed by atoms with Gasteiger partial charge < -0.3 is 15.1 Å². The fraction of sp³-hybridized carbons (Fsp3) is 0.462. The molecule has 0 atom stereocenters. The molecule has 7 heteroatoms. The molecular formula is C26H33ClN4OS. The Morgan fingerprint density at radius 3 is 2.67 bits per heavy atom. The number of amides is 1. The highest BCUT2D eigenvalue weighted by Gasteiger charge is 2.17. The summed E-state index contributed by atoms with van der Waals surface area (Å²) < 4.78 is 1.18. The Bertz CT molecular complexity index is 1090. The Hall–Kier alpha value is -2.15. The summed E-state index contributed by atoms with van der Waals surface area (Å²) in [6, 6.07) is 9.80. The second kappa shape index (κ2) is 11.3. The molecule has 0 bridgehead atoms. The van der Waals surface area contributed by atoms with Crippen LogP contribution in [0.2, 0.25) is 5.02 Å². The predicted octanol–water partition coefficient (Wildman–Crippen LogP) is 6.39. The van der Waals surface area contributed by atoms with Gasteiger partial charge in [0.15, 0.2) is 0 Å². The molecule has 1 aliphatic heterocycles. The number of hydrogen-bond donors (Lipinski definition) is 1. The van der Waals surface area contributed by atoms with Gasteiger partial charge in [-0.2, -0.15) is 0 Å². The number of benzene rings is 1. The lowest BCUT2D eigenvalue weighted by atomic mass is 10.1. The fourth-order valence-corrected chi connectivity index (χ4v) is 5.56. The summed E-state index contributed by atoms with van der Waals surface area (Å²) in [6.07, 6.45) is 5.16. The number of nitrogens with zero attached hydrogens (tertiary/aromatic N) is 3. The minimum Gasteiger partial charge on any atom is -0.384 e. The predicted molar refractivity (Wildman–Crippen MR) is 141 cm³/mol. The van der Waals surface area contributed by atoms with Gasteiger partial charge in [0.2, 0.25) is 0 Å². The van der Waals surface area contributed by atoms with Crippen molar-refractivity contribution in [2.45, 2.75) is 39.5 Å². The fourth-order valence-electron chi connectivity index (χ4n) is 4.47. The van der Waals surface area contributed by atoms with Crippen molar-refractivity contribution in [1.29, 1.82) is 0 Å². The number of fused-ring (bicyclic) bond motifs is 1. The summed E-state index contributed by atoms with van der Waals surface area (Å²) in [5.74, 6) is -0.0335. The molecule has 0 spiro atoms. The van der Waals surface area contributed by atoms with Crippen LogP contribution < -0.4 is 5.32 Å². The number of carbonyl (C=O) groups is 1. The average Bonchev–Trinajstić information content (AvgIpc) is 3.32. The molecule has 3 aromatic rings. The molecule has 1 saturated heterocycles. The van der Waals surface area contributed by atoms with Crippen LogP contribution >= 0.6 is 22.9 Å². The largest absolute Gasteiger partial charge is 0.384 e. The zero-order valence-electron chi connectivity index (χ0n) is 19.6. The number of hydrogen-bond acceptors (Lipinski definition) is 5. The SMILES string of the molecule is CCN(CC)C(=O)c1ccc(-c2cc(NCCCN3CCCCC3)c3sccc3n2)cc1Cl. The van der Waals surface area contributed by atoms with E-state index in [2.05, 4.69) is 27.7 Å². The molecule has 0 saturated carbocycles. The van der Waals surface area contributed by atoms with Crippen LogP contribution in [0.25, 0.3) is 21.5 Å². The van der Waals surface area contributed by atoms with E-state index in [1.54, 1.807) is 16.2 Å². The van der Waals surface area contributed by atoms with Gasteiger partial charge in [-0.05, 0) is 82.4 Å². The van der Waals surface area contributed by atoms with Gasteiger partial charge in [-0.3, -0.25) is 4.79 Å². The Balaban J connectivity index is 1.51. The molecule has 2 aromatic heterocycles. The molecular weight excluding hydrogens is 452 g/mol. The van der Waals surface area contributed by atoms with Crippen molar-refractivity contribution in [3.63, 3.8) is 0 Å². The summed E-state index contributed by atoms with van der Waals surface area (Å²) in [4.78, 5) is 22.0. The van der Waals surface area contributed by atoms with Gasteiger partial charge in [0.1, 0.15) is 0 Å². The molecule has 0 unspecified atom stereocenters. The van der Waals surface area contributed by atoms with Crippen LogP contribution in [0.15, 0.2) is 35.7 Å². The highest BCUT2D eigenvalue weighted by molar-refractivity contribution is 7.17. The third-order valence-electron chi connectivity index (χ3n) is 6.37. The number of nitrogens with one attached hydrogen (secondary N) is 1. The maximum Gasteiger partial charge on any atom is 0.255 e. The zero-order chi connectivity index (χ0) is 23.2. The minimum absolute atomic E-state index is 0.0335. The smallest absolute Gasteiger partial charge is 0.255 e. The number of aromatic nitrogens is 1. The maximum absolute atomic E-state index is 12.7. The summed E-state index contributed by atoms with van der Waals surface area (Å²) in [6.45, 7) is 9.84. The topological polar surface area (TPSA) is 48.5 Å². The first-order valence-electron chi connectivity index (χ1n) is 12.0. The lowest BCUT2D eigenvalue weighted by Gasteiger charge is -2.26. The Kier molecular flexibility index (Phi) is 8.23. The van der Waals surface area contributed by atoms with Crippen molar-refractivity contribution in [3.8, 4) is 11.3 Å². The van der Waals surface area contributed by atoms with Gasteiger partial charge >= 0.3 is 0 Å². The lowest BCUT2D eigenvalue weighted by molar-refractivity contribution is 0.0773. The molecule has 1 amide bonds. The van der Waals surface area contributed by atoms with E-state index in [0.717, 1.165) is 42.0 Å². The van der Waals surface area contributed by atoms with Crippen LogP contribution in [0.1, 0.15) is 49.9 Å². The van der Waals surface area contributed by atoms with E-state index < -0.39 is 0 Å². The first-order valence-corrected chi connectivity index (χ1v) is 13.3. The standard InChI is InChI=1S/C26H33ClN4OS/c1-3-31(4-2)26(32)20-10-9-19(17-21(20)27)23-18-24(25-22(29-23)11-16-33-25)28-12-8-15-30-13-6-5-7-14-30/h9-11,16-18H,3-8,12-15H2,1-2H3,(H,28,29). The van der Waals surface area contributed by atoms with Crippen molar-refractivity contribution in [2.75, 3.05) is 44.6 Å². The monoisotopic (exact) mass is 484 g/mol. The van der Waals surface area contributed by atoms with Crippen molar-refractivity contribution >= 4 is 44.7 Å². The number of carbonyl (C=O) groups excluding carboxylic acids is 1. The number of likely N-dealkylation sites (tertiary alicyclic amines) is 1. The Labute approximate surface area is 205 Å². The Morgan fingerprint density at radius 2 is 1.94 bits per heavy atom. The molecule has 1 aliphatic rings. The van der Waals surface area contributed by atoms with Crippen molar-refractivity contribution in [1.82, 2.24) is 14.8 Å². The second-order valence-electron chi connectivity index (χ2n) is 8.54. The highest BCUT2D eigenvalue weighted by Crippen LogP contribution is 2.33. The summed E-state index contributed by atoms with van der Waals surface area (Å²) in [5, 5.41) is 6.20. The molecule has 4 rings (SSSR count). The van der Waals surface area contributed by atoms with Crippen LogP contribution in [0.5, 0.6) is 0 Å². The van der Waals surface area contributed by atoms with E-state index in [1.165, 1.54) is 37.1 Å².